The normalized spacial score (nSPS) is 11.8. The maximum Gasteiger partial charge on any atom is 0.280 e. The molecule has 0 aliphatic heterocycles. The summed E-state index contributed by atoms with van der Waals surface area (Å²) in [4.78, 5) is 12.2. The van der Waals surface area contributed by atoms with E-state index in [0.29, 0.717) is 23.9 Å². The van der Waals surface area contributed by atoms with E-state index in [1.165, 1.54) is 5.39 Å². The van der Waals surface area contributed by atoms with Gasteiger partial charge in [-0.1, -0.05) is 60.7 Å². The lowest BCUT2D eigenvalue weighted by molar-refractivity contribution is -0.127. The lowest BCUT2D eigenvalue weighted by Crippen LogP contribution is -2.33. The topological polar surface area (TPSA) is 69.2 Å². The fraction of sp³-hybridized carbons (Fsp3) is 0.143. The number of methoxy groups -OCH3 is 1. The van der Waals surface area contributed by atoms with E-state index in [9.17, 15) is 4.79 Å². The van der Waals surface area contributed by atoms with E-state index in [2.05, 4.69) is 34.8 Å². The first-order valence-corrected chi connectivity index (χ1v) is 11.0. The van der Waals surface area contributed by atoms with Crippen molar-refractivity contribution < 1.29 is 19.0 Å². The number of para-hydroxylation sites is 1. The largest absolute Gasteiger partial charge is 0.493 e. The number of fused-ring (bicyclic) bond motifs is 1. The lowest BCUT2D eigenvalue weighted by Gasteiger charge is -2.13. The van der Waals surface area contributed by atoms with Gasteiger partial charge in [0.15, 0.2) is 17.6 Å². The van der Waals surface area contributed by atoms with Crippen LogP contribution in [0.25, 0.3) is 10.8 Å². The highest BCUT2D eigenvalue weighted by Crippen LogP contribution is 2.29. The number of ether oxygens (including phenoxy) is 3. The molecule has 0 aliphatic carbocycles. The lowest BCUT2D eigenvalue weighted by atomic mass is 10.1. The molecule has 0 fully saturated rings. The number of amides is 1. The molecule has 4 aromatic rings. The Morgan fingerprint density at radius 3 is 2.53 bits per heavy atom. The van der Waals surface area contributed by atoms with Crippen LogP contribution in [-0.2, 0) is 11.4 Å². The van der Waals surface area contributed by atoms with Crippen molar-refractivity contribution in [3.05, 3.63) is 102 Å². The van der Waals surface area contributed by atoms with E-state index in [1.54, 1.807) is 38.4 Å². The molecule has 4 rings (SSSR count). The van der Waals surface area contributed by atoms with Gasteiger partial charge >= 0.3 is 0 Å². The Hall–Kier alpha value is -4.32. The second-order valence-electron chi connectivity index (χ2n) is 7.64. The van der Waals surface area contributed by atoms with E-state index in [1.807, 2.05) is 48.5 Å². The molecule has 6 nitrogen and oxygen atoms in total. The van der Waals surface area contributed by atoms with Gasteiger partial charge in [0.2, 0.25) is 0 Å². The molecule has 1 amide bonds. The molecule has 0 bridgehead atoms. The molecule has 1 unspecified atom stereocenters. The van der Waals surface area contributed by atoms with Crippen molar-refractivity contribution in [1.82, 2.24) is 5.43 Å². The molecule has 0 saturated carbocycles. The number of hydrogen-bond donors (Lipinski definition) is 1. The van der Waals surface area contributed by atoms with Gasteiger partial charge in [-0.3, -0.25) is 4.79 Å². The summed E-state index contributed by atoms with van der Waals surface area (Å²) < 4.78 is 17.2. The summed E-state index contributed by atoms with van der Waals surface area (Å²) in [7, 11) is 1.59. The van der Waals surface area contributed by atoms with Gasteiger partial charge in [0, 0.05) is 0 Å². The molecule has 6 heteroatoms. The highest BCUT2D eigenvalue weighted by Gasteiger charge is 2.13. The quantitative estimate of drug-likeness (QED) is 0.274. The molecule has 0 radical (unpaired) electrons. The molecule has 1 atom stereocenters. The van der Waals surface area contributed by atoms with Gasteiger partial charge in [-0.05, 0) is 59.2 Å². The number of nitrogens with one attached hydrogen (secondary N) is 1. The highest BCUT2D eigenvalue weighted by atomic mass is 16.5. The molecule has 172 valence electrons. The third-order valence-corrected chi connectivity index (χ3v) is 5.26. The van der Waals surface area contributed by atoms with Crippen LogP contribution in [0.1, 0.15) is 18.1 Å². The maximum absolute atomic E-state index is 12.2. The summed E-state index contributed by atoms with van der Waals surface area (Å²) in [6, 6.07) is 29.0. The number of nitrogens with zero attached hydrogens (tertiary/aromatic N) is 1. The molecule has 34 heavy (non-hydrogen) atoms. The molecule has 0 heterocycles. The fourth-order valence-corrected chi connectivity index (χ4v) is 3.48. The zero-order valence-corrected chi connectivity index (χ0v) is 19.1. The van der Waals surface area contributed by atoms with Crippen molar-refractivity contribution in [1.29, 1.82) is 0 Å². The average molecular weight is 455 g/mol. The smallest absolute Gasteiger partial charge is 0.280 e. The number of hydrogen-bond acceptors (Lipinski definition) is 5. The van der Waals surface area contributed by atoms with E-state index in [-0.39, 0.29) is 5.91 Å². The number of hydrazone groups is 1. The second-order valence-corrected chi connectivity index (χ2v) is 7.64. The van der Waals surface area contributed by atoms with Crippen LogP contribution in [0.2, 0.25) is 0 Å². The van der Waals surface area contributed by atoms with Crippen LogP contribution in [0.4, 0.5) is 0 Å². The van der Waals surface area contributed by atoms with Crippen molar-refractivity contribution in [3.8, 4) is 17.2 Å². The minimum atomic E-state index is -0.682. The highest BCUT2D eigenvalue weighted by molar-refractivity contribution is 5.86. The van der Waals surface area contributed by atoms with Crippen LogP contribution >= 0.6 is 0 Å². The second kappa shape index (κ2) is 11.0. The fourth-order valence-electron chi connectivity index (χ4n) is 3.48. The first-order valence-electron chi connectivity index (χ1n) is 11.0. The van der Waals surface area contributed by atoms with Gasteiger partial charge in [-0.15, -0.1) is 0 Å². The Morgan fingerprint density at radius 1 is 0.941 bits per heavy atom. The van der Waals surface area contributed by atoms with Crippen molar-refractivity contribution in [2.75, 3.05) is 7.11 Å². The first kappa shape index (κ1) is 22.9. The number of rotatable bonds is 9. The van der Waals surface area contributed by atoms with Gasteiger partial charge < -0.3 is 14.2 Å². The van der Waals surface area contributed by atoms with Crippen LogP contribution in [0.3, 0.4) is 0 Å². The first-order chi connectivity index (χ1) is 16.6. The van der Waals surface area contributed by atoms with E-state index in [0.717, 1.165) is 16.5 Å². The van der Waals surface area contributed by atoms with Gasteiger partial charge in [0.05, 0.1) is 13.3 Å². The molecule has 0 spiro atoms. The van der Waals surface area contributed by atoms with Gasteiger partial charge in [-0.2, -0.15) is 5.10 Å². The summed E-state index contributed by atoms with van der Waals surface area (Å²) in [5.74, 6) is 1.48. The Morgan fingerprint density at radius 2 is 1.71 bits per heavy atom. The van der Waals surface area contributed by atoms with Crippen LogP contribution in [0, 0.1) is 0 Å². The zero-order chi connectivity index (χ0) is 23.8. The molecular weight excluding hydrogens is 428 g/mol. The predicted molar refractivity (Wildman–Crippen MR) is 134 cm³/mol. The third-order valence-electron chi connectivity index (χ3n) is 5.26. The predicted octanol–water partition coefficient (Wildman–Crippen LogP) is 5.35. The average Bonchev–Trinajstić information content (AvgIpc) is 2.88. The third kappa shape index (κ3) is 5.72. The summed E-state index contributed by atoms with van der Waals surface area (Å²) in [5.41, 5.74) is 4.35. The Labute approximate surface area is 198 Å². The summed E-state index contributed by atoms with van der Waals surface area (Å²) >= 11 is 0. The number of carbonyl (C=O) groups is 1. The van der Waals surface area contributed by atoms with Gasteiger partial charge in [-0.25, -0.2) is 5.43 Å². The number of carbonyl (C=O) groups excluding carboxylic acids is 1. The SMILES string of the molecule is COc1cc(/C=N\NC(=O)C(C)Oc2ccccc2)ccc1OCc1cccc2ccccc12. The van der Waals surface area contributed by atoms with Gasteiger partial charge in [0.25, 0.3) is 5.91 Å². The standard InChI is InChI=1S/C28H26N2O4/c1-20(34-24-12-4-3-5-13-24)28(31)30-29-18-21-15-16-26(27(17-21)32-2)33-19-23-11-8-10-22-9-6-7-14-25(22)23/h3-18,20H,19H2,1-2H3,(H,30,31)/b29-18-. The summed E-state index contributed by atoms with van der Waals surface area (Å²) in [6.07, 6.45) is 0.864. The minimum Gasteiger partial charge on any atom is -0.493 e. The van der Waals surface area contributed by atoms with Crippen LogP contribution < -0.4 is 19.6 Å². The molecule has 1 N–H and O–H groups in total. The molecular formula is C28H26N2O4. The van der Waals surface area contributed by atoms with Crippen molar-refractivity contribution in [3.63, 3.8) is 0 Å². The molecule has 0 saturated heterocycles. The Balaban J connectivity index is 1.37. The maximum atomic E-state index is 12.2. The summed E-state index contributed by atoms with van der Waals surface area (Å²) in [6.45, 7) is 2.09. The van der Waals surface area contributed by atoms with E-state index < -0.39 is 6.10 Å². The Bertz CT molecular complexity index is 1280. The van der Waals surface area contributed by atoms with Crippen LogP contribution in [-0.4, -0.2) is 25.3 Å². The van der Waals surface area contributed by atoms with Crippen LogP contribution in [0.15, 0.2) is 96.1 Å². The zero-order valence-electron chi connectivity index (χ0n) is 19.1. The summed E-state index contributed by atoms with van der Waals surface area (Å²) in [5, 5.41) is 6.37. The monoisotopic (exact) mass is 454 g/mol. The van der Waals surface area contributed by atoms with E-state index >= 15 is 0 Å². The van der Waals surface area contributed by atoms with Crippen molar-refractivity contribution in [2.24, 2.45) is 5.10 Å². The number of benzene rings is 4. The van der Waals surface area contributed by atoms with Crippen LogP contribution in [0.5, 0.6) is 17.2 Å². The Kier molecular flexibility index (Phi) is 7.40. The van der Waals surface area contributed by atoms with Crippen molar-refractivity contribution >= 4 is 22.9 Å². The van der Waals surface area contributed by atoms with Crippen molar-refractivity contribution in [2.45, 2.75) is 19.6 Å². The molecule has 0 aromatic heterocycles. The molecule has 4 aromatic carbocycles. The minimum absolute atomic E-state index is 0.345. The van der Waals surface area contributed by atoms with Gasteiger partial charge in [0.1, 0.15) is 12.4 Å². The van der Waals surface area contributed by atoms with E-state index in [4.69, 9.17) is 14.2 Å². The molecule has 0 aliphatic rings.